The van der Waals surface area contributed by atoms with Gasteiger partial charge in [0, 0.05) is 0 Å². The second kappa shape index (κ2) is 3.87. The van der Waals surface area contributed by atoms with Gasteiger partial charge in [-0.05, 0) is 13.8 Å². The molecule has 1 aromatic rings. The van der Waals surface area contributed by atoms with Gasteiger partial charge in [0.2, 0.25) is 11.9 Å². The second-order valence-electron chi connectivity index (χ2n) is 3.00. The van der Waals surface area contributed by atoms with Crippen LogP contribution in [0.2, 0.25) is 0 Å². The van der Waals surface area contributed by atoms with Gasteiger partial charge < -0.3 is 0 Å². The van der Waals surface area contributed by atoms with E-state index in [2.05, 4.69) is 15.2 Å². The van der Waals surface area contributed by atoms with Crippen LogP contribution in [0.4, 0.5) is 19.1 Å². The van der Waals surface area contributed by atoms with Gasteiger partial charge in [0.25, 0.3) is 0 Å². The zero-order valence-electron chi connectivity index (χ0n) is 8.01. The first kappa shape index (κ1) is 11.5. The minimum Gasteiger partial charge on any atom is -0.293 e. The molecule has 84 valence electrons. The van der Waals surface area contributed by atoms with Gasteiger partial charge in [-0.1, -0.05) is 0 Å². The molecule has 15 heavy (non-hydrogen) atoms. The number of hydrogen-bond donors (Lipinski definition) is 2. The van der Waals surface area contributed by atoms with Crippen molar-refractivity contribution in [2.75, 3.05) is 5.32 Å². The van der Waals surface area contributed by atoms with Crippen molar-refractivity contribution in [3.05, 3.63) is 5.82 Å². The standard InChI is InChI=1S/C7H9F3N4O/c1-3(7(8,9)10)5(15)12-6-11-4(2)13-14-6/h3H,1-2H3,(H2,11,12,13,14,15)/t3-/m1/s1. The van der Waals surface area contributed by atoms with Crippen LogP contribution in [0.3, 0.4) is 0 Å². The summed E-state index contributed by atoms with van der Waals surface area (Å²) in [5.41, 5.74) is 0. The summed E-state index contributed by atoms with van der Waals surface area (Å²) in [6.07, 6.45) is -4.56. The third kappa shape index (κ3) is 2.93. The van der Waals surface area contributed by atoms with E-state index in [1.54, 1.807) is 6.92 Å². The van der Waals surface area contributed by atoms with Crippen molar-refractivity contribution in [2.24, 2.45) is 5.92 Å². The summed E-state index contributed by atoms with van der Waals surface area (Å²) in [7, 11) is 0. The number of alkyl halides is 3. The Morgan fingerprint density at radius 2 is 2.13 bits per heavy atom. The number of nitrogens with one attached hydrogen (secondary N) is 2. The molecule has 0 aliphatic heterocycles. The van der Waals surface area contributed by atoms with E-state index in [-0.39, 0.29) is 5.95 Å². The normalized spacial score (nSPS) is 13.7. The van der Waals surface area contributed by atoms with E-state index in [9.17, 15) is 18.0 Å². The summed E-state index contributed by atoms with van der Waals surface area (Å²) in [5.74, 6) is -3.02. The van der Waals surface area contributed by atoms with Crippen LogP contribution in [0, 0.1) is 12.8 Å². The SMILES string of the molecule is Cc1nc(NC(=O)[C@@H](C)C(F)(F)F)n[nH]1. The van der Waals surface area contributed by atoms with Gasteiger partial charge in [0.15, 0.2) is 0 Å². The zero-order valence-corrected chi connectivity index (χ0v) is 8.01. The first-order valence-electron chi connectivity index (χ1n) is 4.07. The van der Waals surface area contributed by atoms with Crippen LogP contribution in [0.5, 0.6) is 0 Å². The number of aromatic nitrogens is 3. The second-order valence-corrected chi connectivity index (χ2v) is 3.00. The topological polar surface area (TPSA) is 70.7 Å². The summed E-state index contributed by atoms with van der Waals surface area (Å²) in [5, 5.41) is 7.84. The lowest BCUT2D eigenvalue weighted by Gasteiger charge is -2.13. The molecule has 0 saturated carbocycles. The van der Waals surface area contributed by atoms with Gasteiger partial charge in [0.05, 0.1) is 0 Å². The molecule has 8 heteroatoms. The van der Waals surface area contributed by atoms with Crippen molar-refractivity contribution < 1.29 is 18.0 Å². The number of aromatic amines is 1. The lowest BCUT2D eigenvalue weighted by Crippen LogP contribution is -2.32. The highest BCUT2D eigenvalue weighted by molar-refractivity contribution is 5.91. The van der Waals surface area contributed by atoms with Crippen LogP contribution in [-0.4, -0.2) is 27.3 Å². The van der Waals surface area contributed by atoms with Crippen LogP contribution in [0.15, 0.2) is 0 Å². The van der Waals surface area contributed by atoms with E-state index in [0.29, 0.717) is 5.82 Å². The number of halogens is 3. The predicted octanol–water partition coefficient (Wildman–Crippen LogP) is 1.25. The molecule has 0 aromatic carbocycles. The molecule has 1 amide bonds. The quantitative estimate of drug-likeness (QED) is 0.791. The summed E-state index contributed by atoms with van der Waals surface area (Å²) in [4.78, 5) is 14.7. The van der Waals surface area contributed by atoms with E-state index in [4.69, 9.17) is 0 Å². The number of rotatable bonds is 2. The Morgan fingerprint density at radius 3 is 2.53 bits per heavy atom. The maximum absolute atomic E-state index is 12.1. The fourth-order valence-corrected chi connectivity index (χ4v) is 0.766. The smallest absolute Gasteiger partial charge is 0.293 e. The summed E-state index contributed by atoms with van der Waals surface area (Å²) >= 11 is 0. The number of amides is 1. The van der Waals surface area contributed by atoms with Crippen LogP contribution < -0.4 is 5.32 Å². The highest BCUT2D eigenvalue weighted by Crippen LogP contribution is 2.26. The van der Waals surface area contributed by atoms with Crippen molar-refractivity contribution in [3.8, 4) is 0 Å². The lowest BCUT2D eigenvalue weighted by atomic mass is 10.1. The monoisotopic (exact) mass is 222 g/mol. The van der Waals surface area contributed by atoms with Crippen molar-refractivity contribution in [3.63, 3.8) is 0 Å². The summed E-state index contributed by atoms with van der Waals surface area (Å²) in [6, 6.07) is 0. The molecule has 0 aliphatic rings. The van der Waals surface area contributed by atoms with Gasteiger partial charge in [-0.2, -0.15) is 18.2 Å². The van der Waals surface area contributed by atoms with Gasteiger partial charge in [-0.15, -0.1) is 5.10 Å². The molecule has 2 N–H and O–H groups in total. The van der Waals surface area contributed by atoms with Gasteiger partial charge >= 0.3 is 6.18 Å². The number of carbonyl (C=O) groups is 1. The Morgan fingerprint density at radius 1 is 1.53 bits per heavy atom. The molecule has 0 spiro atoms. The minimum atomic E-state index is -4.56. The number of anilines is 1. The Balaban J connectivity index is 2.64. The van der Waals surface area contributed by atoms with Gasteiger partial charge in [0.1, 0.15) is 11.7 Å². The average Bonchev–Trinajstić information content (AvgIpc) is 2.48. The van der Waals surface area contributed by atoms with E-state index < -0.39 is 18.0 Å². The Hall–Kier alpha value is -1.60. The van der Waals surface area contributed by atoms with E-state index in [1.165, 1.54) is 0 Å². The van der Waals surface area contributed by atoms with Gasteiger partial charge in [-0.25, -0.2) is 0 Å². The highest BCUT2D eigenvalue weighted by atomic mass is 19.4. The number of carbonyl (C=O) groups excluding carboxylic acids is 1. The van der Waals surface area contributed by atoms with Crippen LogP contribution >= 0.6 is 0 Å². The molecule has 1 rings (SSSR count). The van der Waals surface area contributed by atoms with Crippen molar-refractivity contribution in [1.82, 2.24) is 15.2 Å². The molecule has 0 saturated heterocycles. The maximum Gasteiger partial charge on any atom is 0.400 e. The molecule has 1 aromatic heterocycles. The van der Waals surface area contributed by atoms with Crippen molar-refractivity contribution in [2.45, 2.75) is 20.0 Å². The Bertz CT molecular complexity index is 359. The third-order valence-corrected chi connectivity index (χ3v) is 1.72. The van der Waals surface area contributed by atoms with Crippen LogP contribution in [0.1, 0.15) is 12.7 Å². The van der Waals surface area contributed by atoms with Crippen LogP contribution in [-0.2, 0) is 4.79 Å². The first-order valence-corrected chi connectivity index (χ1v) is 4.07. The third-order valence-electron chi connectivity index (χ3n) is 1.72. The predicted molar refractivity (Wildman–Crippen MR) is 45.0 cm³/mol. The minimum absolute atomic E-state index is 0.159. The molecule has 1 heterocycles. The fraction of sp³-hybridized carbons (Fsp3) is 0.571. The van der Waals surface area contributed by atoms with Gasteiger partial charge in [-0.3, -0.25) is 15.2 Å². The molecule has 0 bridgehead atoms. The van der Waals surface area contributed by atoms with E-state index >= 15 is 0 Å². The van der Waals surface area contributed by atoms with Crippen molar-refractivity contribution >= 4 is 11.9 Å². The number of nitrogens with zero attached hydrogens (tertiary/aromatic N) is 2. The zero-order chi connectivity index (χ0) is 11.6. The van der Waals surface area contributed by atoms with Crippen LogP contribution in [0.25, 0.3) is 0 Å². The largest absolute Gasteiger partial charge is 0.400 e. The highest BCUT2D eigenvalue weighted by Gasteiger charge is 2.41. The maximum atomic E-state index is 12.1. The van der Waals surface area contributed by atoms with E-state index in [1.807, 2.05) is 5.32 Å². The molecule has 0 aliphatic carbocycles. The molecule has 1 atom stereocenters. The molecule has 0 unspecified atom stereocenters. The first-order chi connectivity index (χ1) is 6.80. The Labute approximate surface area is 83.1 Å². The van der Waals surface area contributed by atoms with Crippen molar-refractivity contribution in [1.29, 1.82) is 0 Å². The molecule has 0 radical (unpaired) electrons. The number of H-pyrrole nitrogens is 1. The molecular formula is C7H9F3N4O. The van der Waals surface area contributed by atoms with E-state index in [0.717, 1.165) is 6.92 Å². The average molecular weight is 222 g/mol. The summed E-state index contributed by atoms with van der Waals surface area (Å²) < 4.78 is 36.3. The lowest BCUT2D eigenvalue weighted by molar-refractivity contribution is -0.175. The number of hydrogen-bond acceptors (Lipinski definition) is 3. The fourth-order valence-electron chi connectivity index (χ4n) is 0.766. The Kier molecular flexibility index (Phi) is 2.96. The molecular weight excluding hydrogens is 213 g/mol. The molecule has 5 nitrogen and oxygen atoms in total. The molecule has 0 fully saturated rings. The summed E-state index contributed by atoms with van der Waals surface area (Å²) in [6.45, 7) is 2.34. The number of aryl methyl sites for hydroxylation is 1.